The van der Waals surface area contributed by atoms with Crippen LogP contribution in [0.3, 0.4) is 0 Å². The fraction of sp³-hybridized carbons (Fsp3) is 0. The van der Waals surface area contributed by atoms with Crippen molar-refractivity contribution in [3.63, 3.8) is 0 Å². The first kappa shape index (κ1) is 44.9. The normalized spacial score (nSPS) is 0. The number of hydrogen-bond acceptors (Lipinski definition) is 0. The van der Waals surface area contributed by atoms with Crippen LogP contribution < -0.4 is 0 Å². The van der Waals surface area contributed by atoms with Gasteiger partial charge in [0, 0.05) is 74.7 Å². The molecule has 0 atom stereocenters. The molecule has 0 aromatic rings. The molecule has 5 heavy (non-hydrogen) atoms. The maximum atomic E-state index is 0. The van der Waals surface area contributed by atoms with Gasteiger partial charge < -0.3 is 0 Å². The second-order valence-corrected chi connectivity index (χ2v) is 0. The summed E-state index contributed by atoms with van der Waals surface area (Å²) in [5.74, 6) is 0. The molecule has 0 rings (SSSR count). The Balaban J connectivity index is 0. The van der Waals surface area contributed by atoms with Crippen molar-refractivity contribution in [2.24, 2.45) is 0 Å². The Morgan fingerprint density at radius 2 is 1.00 bits per heavy atom. The van der Waals surface area contributed by atoms with Crippen LogP contribution in [0.1, 0.15) is 0 Å². The number of rotatable bonds is 0. The summed E-state index contributed by atoms with van der Waals surface area (Å²) in [5.41, 5.74) is 0. The zero-order valence-corrected chi connectivity index (χ0v) is 9.11. The molecule has 0 fully saturated rings. The molecule has 0 aromatic heterocycles. The van der Waals surface area contributed by atoms with E-state index in [1.807, 2.05) is 0 Å². The van der Waals surface area contributed by atoms with Gasteiger partial charge >= 0.3 is 0 Å². The summed E-state index contributed by atoms with van der Waals surface area (Å²) in [6.07, 6.45) is 0. The van der Waals surface area contributed by atoms with Crippen LogP contribution >= 0.6 is 0 Å². The van der Waals surface area contributed by atoms with Crippen molar-refractivity contribution in [3.8, 4) is 0 Å². The van der Waals surface area contributed by atoms with Gasteiger partial charge in [0.1, 0.15) is 0 Å². The summed E-state index contributed by atoms with van der Waals surface area (Å²) in [6.45, 7) is 0. The molecule has 5 heteroatoms. The summed E-state index contributed by atoms with van der Waals surface area (Å²) >= 11 is 0. The summed E-state index contributed by atoms with van der Waals surface area (Å²) in [7, 11) is 0. The summed E-state index contributed by atoms with van der Waals surface area (Å²) < 4.78 is 0. The Labute approximate surface area is 90.7 Å². The zero-order valence-electron chi connectivity index (χ0n) is 1.85. The number of hydrogen-bond donors (Lipinski definition) is 0. The van der Waals surface area contributed by atoms with Gasteiger partial charge in [-0.3, -0.25) is 0 Å². The van der Waals surface area contributed by atoms with Crippen molar-refractivity contribution in [3.05, 3.63) is 0 Å². The van der Waals surface area contributed by atoms with Crippen LogP contribution in [0, 0.1) is 0 Å². The van der Waals surface area contributed by atoms with Gasteiger partial charge in [0.05, 0.1) is 0 Å². The fourth-order valence-electron chi connectivity index (χ4n) is 0. The van der Waals surface area contributed by atoms with Crippen LogP contribution in [0.5, 0.6) is 0 Å². The standard InChI is InChI=1S/Al.Fe.Mn.Mo.Zn.3H. The minimum atomic E-state index is 0. The van der Waals surface area contributed by atoms with E-state index in [2.05, 4.69) is 0 Å². The van der Waals surface area contributed by atoms with E-state index >= 15 is 0 Å². The zero-order chi connectivity index (χ0) is 0. The summed E-state index contributed by atoms with van der Waals surface area (Å²) in [5, 5.41) is 0. The molecule has 0 N–H and O–H groups in total. The first-order chi connectivity index (χ1) is 0. The molecule has 0 saturated heterocycles. The summed E-state index contributed by atoms with van der Waals surface area (Å²) in [6, 6.07) is 0. The van der Waals surface area contributed by atoms with Crippen LogP contribution in [-0.2, 0) is 74.7 Å². The molecule has 0 saturated carbocycles. The van der Waals surface area contributed by atoms with E-state index in [0.29, 0.717) is 0 Å². The molecule has 0 aliphatic carbocycles. The van der Waals surface area contributed by atoms with E-state index in [0.717, 1.165) is 0 Å². The Morgan fingerprint density at radius 3 is 1.00 bits per heavy atom. The van der Waals surface area contributed by atoms with Crippen molar-refractivity contribution >= 4 is 17.4 Å². The van der Waals surface area contributed by atoms with Gasteiger partial charge in [-0.25, -0.2) is 0 Å². The molecule has 0 heterocycles. The van der Waals surface area contributed by atoms with Gasteiger partial charge in [0.15, 0.2) is 17.4 Å². The van der Waals surface area contributed by atoms with Gasteiger partial charge in [-0.05, 0) is 0 Å². The molecule has 0 nitrogen and oxygen atoms in total. The van der Waals surface area contributed by atoms with Gasteiger partial charge in [-0.2, -0.15) is 0 Å². The summed E-state index contributed by atoms with van der Waals surface area (Å²) in [4.78, 5) is 0. The third-order valence-corrected chi connectivity index (χ3v) is 0. The maximum absolute atomic E-state index is 0. The van der Waals surface area contributed by atoms with Gasteiger partial charge in [-0.1, -0.05) is 0 Å². The topological polar surface area (TPSA) is 0 Å². The first-order valence-electron chi connectivity index (χ1n) is 0. The minimum absolute atomic E-state index is 0. The molecule has 29 valence electrons. The van der Waals surface area contributed by atoms with Crippen molar-refractivity contribution in [1.82, 2.24) is 0 Å². The molecule has 0 aromatic carbocycles. The second kappa shape index (κ2) is 28.7. The minimum Gasteiger partial charge on any atom is 0 e. The van der Waals surface area contributed by atoms with Crippen molar-refractivity contribution in [2.75, 3.05) is 0 Å². The molecule has 0 aliphatic heterocycles. The Morgan fingerprint density at radius 1 is 1.00 bits per heavy atom. The maximum Gasteiger partial charge on any atom is 0.187 e. The van der Waals surface area contributed by atoms with Crippen LogP contribution in [0.15, 0.2) is 0 Å². The van der Waals surface area contributed by atoms with Crippen molar-refractivity contribution in [2.45, 2.75) is 0 Å². The van der Waals surface area contributed by atoms with Gasteiger partial charge in [0.25, 0.3) is 0 Å². The predicted octanol–water partition coefficient (Wildman–Crippen LogP) is -1.19. The van der Waals surface area contributed by atoms with E-state index in [1.54, 1.807) is 0 Å². The molecular formula is H3AlFeMnMoZn. The van der Waals surface area contributed by atoms with E-state index < -0.39 is 0 Å². The molecule has 0 amide bonds. The van der Waals surface area contributed by atoms with Gasteiger partial charge in [0.2, 0.25) is 0 Å². The average Bonchev–Trinajstić information content (AvgIpc) is 0. The van der Waals surface area contributed by atoms with Gasteiger partial charge in [-0.15, -0.1) is 0 Å². The van der Waals surface area contributed by atoms with E-state index in [-0.39, 0.29) is 92.0 Å². The van der Waals surface area contributed by atoms with Crippen LogP contribution in [0.25, 0.3) is 0 Å². The largest absolute Gasteiger partial charge is 0.187 e. The van der Waals surface area contributed by atoms with Crippen LogP contribution in [0.4, 0.5) is 0 Å². The second-order valence-electron chi connectivity index (χ2n) is 0. The smallest absolute Gasteiger partial charge is 0 e. The molecule has 0 aliphatic rings. The van der Waals surface area contributed by atoms with Crippen LogP contribution in [-0.4, -0.2) is 17.4 Å². The molecular weight excluding hydrogens is 299 g/mol. The van der Waals surface area contributed by atoms with Crippen molar-refractivity contribution in [1.29, 1.82) is 0 Å². The third kappa shape index (κ3) is 19.7. The molecule has 0 bridgehead atoms. The van der Waals surface area contributed by atoms with E-state index in [1.165, 1.54) is 0 Å². The third-order valence-electron chi connectivity index (χ3n) is 0. The Hall–Kier alpha value is 2.88. The molecule has 0 unspecified atom stereocenters. The molecule has 0 spiro atoms. The quantitative estimate of drug-likeness (QED) is 0.494. The van der Waals surface area contributed by atoms with Crippen molar-refractivity contribution < 1.29 is 74.7 Å². The Kier molecular flexibility index (Phi) is 258. The molecule has 1 radical (unpaired) electrons. The fourth-order valence-corrected chi connectivity index (χ4v) is 0. The van der Waals surface area contributed by atoms with E-state index in [4.69, 9.17) is 0 Å². The predicted molar refractivity (Wildman–Crippen MR) is 9.94 cm³/mol. The average molecular weight is 302 g/mol. The van der Waals surface area contributed by atoms with E-state index in [9.17, 15) is 0 Å². The van der Waals surface area contributed by atoms with Crippen LogP contribution in [0.2, 0.25) is 0 Å². The monoisotopic (exact) mass is 303 g/mol. The first-order valence-corrected chi connectivity index (χ1v) is 0. The SMILES string of the molecule is [AlH3].[Fe].[Mn].[Mo].[Zn]. The Bertz CT molecular complexity index is 11.6.